The molecule has 0 fully saturated rings. The van der Waals surface area contributed by atoms with Gasteiger partial charge in [0.05, 0.1) is 19.9 Å². The standard InChI is InChI=1S/C26H36N2O3S/c1-4-5-15-27(17-13-21-11-12-23(30-2)24(20-21)31-3)18-14-26(29)28-16-8-19-32-25-10-7-6-9-22(25)28/h6-7,9-12,20H,4-5,8,13-19H2,1-3H3. The van der Waals surface area contributed by atoms with E-state index in [4.69, 9.17) is 9.47 Å². The van der Waals surface area contributed by atoms with Crippen molar-refractivity contribution >= 4 is 23.4 Å². The molecule has 6 heteroatoms. The largest absolute Gasteiger partial charge is 0.493 e. The fourth-order valence-corrected chi connectivity index (χ4v) is 5.01. The number of hydrogen-bond donors (Lipinski definition) is 0. The Hall–Kier alpha value is -2.18. The van der Waals surface area contributed by atoms with Gasteiger partial charge in [0.15, 0.2) is 11.5 Å². The van der Waals surface area contributed by atoms with E-state index in [0.29, 0.717) is 6.42 Å². The van der Waals surface area contributed by atoms with E-state index in [0.717, 1.165) is 74.8 Å². The number of benzene rings is 2. The first-order valence-electron chi connectivity index (χ1n) is 11.6. The van der Waals surface area contributed by atoms with Gasteiger partial charge in [-0.05, 0) is 61.4 Å². The van der Waals surface area contributed by atoms with Crippen LogP contribution in [0.3, 0.4) is 0 Å². The number of amides is 1. The van der Waals surface area contributed by atoms with Gasteiger partial charge in [0.25, 0.3) is 0 Å². The van der Waals surface area contributed by atoms with Crippen molar-refractivity contribution in [1.29, 1.82) is 0 Å². The summed E-state index contributed by atoms with van der Waals surface area (Å²) in [5, 5.41) is 0. The molecule has 0 bridgehead atoms. The molecule has 0 unspecified atom stereocenters. The lowest BCUT2D eigenvalue weighted by atomic mass is 10.1. The van der Waals surface area contributed by atoms with Crippen molar-refractivity contribution in [2.75, 3.05) is 51.1 Å². The van der Waals surface area contributed by atoms with Crippen molar-refractivity contribution in [3.8, 4) is 11.5 Å². The summed E-state index contributed by atoms with van der Waals surface area (Å²) in [6.07, 6.45) is 4.79. The summed E-state index contributed by atoms with van der Waals surface area (Å²) >= 11 is 1.85. The predicted molar refractivity (Wildman–Crippen MR) is 133 cm³/mol. The Morgan fingerprint density at radius 3 is 2.66 bits per heavy atom. The minimum absolute atomic E-state index is 0.229. The molecule has 1 aliphatic rings. The van der Waals surface area contributed by atoms with Crippen LogP contribution < -0.4 is 14.4 Å². The first-order valence-corrected chi connectivity index (χ1v) is 12.6. The summed E-state index contributed by atoms with van der Waals surface area (Å²) in [5.74, 6) is 2.81. The van der Waals surface area contributed by atoms with Gasteiger partial charge in [-0.15, -0.1) is 11.8 Å². The predicted octanol–water partition coefficient (Wildman–Crippen LogP) is 5.27. The molecule has 5 nitrogen and oxygen atoms in total. The third kappa shape index (κ3) is 6.66. The maximum absolute atomic E-state index is 13.2. The van der Waals surface area contributed by atoms with E-state index < -0.39 is 0 Å². The zero-order valence-corrected chi connectivity index (χ0v) is 20.5. The molecule has 32 heavy (non-hydrogen) atoms. The highest BCUT2D eigenvalue weighted by Gasteiger charge is 2.21. The van der Waals surface area contributed by atoms with E-state index in [1.54, 1.807) is 14.2 Å². The number of unbranched alkanes of at least 4 members (excludes halogenated alkanes) is 1. The van der Waals surface area contributed by atoms with Crippen molar-refractivity contribution < 1.29 is 14.3 Å². The average Bonchev–Trinajstić information content (AvgIpc) is 3.05. The van der Waals surface area contributed by atoms with Crippen LogP contribution in [-0.2, 0) is 11.2 Å². The van der Waals surface area contributed by atoms with Crippen molar-refractivity contribution in [3.05, 3.63) is 48.0 Å². The van der Waals surface area contributed by atoms with Crippen LogP contribution in [0, 0.1) is 0 Å². The number of carbonyl (C=O) groups excluding carboxylic acids is 1. The van der Waals surface area contributed by atoms with E-state index in [2.05, 4.69) is 36.1 Å². The Morgan fingerprint density at radius 1 is 1.06 bits per heavy atom. The molecule has 0 N–H and O–H groups in total. The molecule has 1 aliphatic heterocycles. The summed E-state index contributed by atoms with van der Waals surface area (Å²) < 4.78 is 10.8. The normalized spacial score (nSPS) is 13.6. The number of thioether (sulfide) groups is 1. The Bertz CT molecular complexity index is 874. The maximum atomic E-state index is 13.2. The molecule has 0 atom stereocenters. The molecule has 0 aliphatic carbocycles. The SMILES string of the molecule is CCCCN(CCC(=O)N1CCCSc2ccccc21)CCc1ccc(OC)c(OC)c1. The molecule has 0 radical (unpaired) electrons. The minimum Gasteiger partial charge on any atom is -0.493 e. The minimum atomic E-state index is 0.229. The van der Waals surface area contributed by atoms with Gasteiger partial charge < -0.3 is 19.3 Å². The molecule has 1 heterocycles. The van der Waals surface area contributed by atoms with E-state index >= 15 is 0 Å². The fourth-order valence-electron chi connectivity index (χ4n) is 4.02. The van der Waals surface area contributed by atoms with Crippen LogP contribution in [0.15, 0.2) is 47.4 Å². The summed E-state index contributed by atoms with van der Waals surface area (Å²) in [6, 6.07) is 14.4. The molecule has 174 valence electrons. The molecule has 2 aromatic carbocycles. The van der Waals surface area contributed by atoms with Crippen LogP contribution in [0.5, 0.6) is 11.5 Å². The zero-order valence-electron chi connectivity index (χ0n) is 19.6. The van der Waals surface area contributed by atoms with Gasteiger partial charge in [0.1, 0.15) is 0 Å². The van der Waals surface area contributed by atoms with Crippen LogP contribution in [0.4, 0.5) is 5.69 Å². The van der Waals surface area contributed by atoms with Gasteiger partial charge in [-0.2, -0.15) is 0 Å². The number of hydrogen-bond acceptors (Lipinski definition) is 5. The number of nitrogens with zero attached hydrogens (tertiary/aromatic N) is 2. The molecule has 1 amide bonds. The average molecular weight is 457 g/mol. The quantitative estimate of drug-likeness (QED) is 0.461. The number of ether oxygens (including phenoxy) is 2. The van der Waals surface area contributed by atoms with Gasteiger partial charge in [0, 0.05) is 31.0 Å². The second kappa shape index (κ2) is 12.8. The highest BCUT2D eigenvalue weighted by molar-refractivity contribution is 7.99. The maximum Gasteiger partial charge on any atom is 0.228 e. The smallest absolute Gasteiger partial charge is 0.228 e. The number of para-hydroxylation sites is 1. The summed E-state index contributed by atoms with van der Waals surface area (Å²) in [4.78, 5) is 18.8. The first-order chi connectivity index (χ1) is 15.7. The van der Waals surface area contributed by atoms with Crippen LogP contribution in [-0.4, -0.2) is 57.0 Å². The van der Waals surface area contributed by atoms with E-state index in [1.807, 2.05) is 34.9 Å². The molecule has 2 aromatic rings. The van der Waals surface area contributed by atoms with Crippen LogP contribution in [0.25, 0.3) is 0 Å². The third-order valence-electron chi connectivity index (χ3n) is 5.88. The molecule has 0 saturated heterocycles. The Balaban J connectivity index is 1.60. The number of methoxy groups -OCH3 is 2. The number of anilines is 1. The van der Waals surface area contributed by atoms with Crippen LogP contribution in [0.2, 0.25) is 0 Å². The number of rotatable bonds is 11. The summed E-state index contributed by atoms with van der Waals surface area (Å²) in [5.41, 5.74) is 2.29. The van der Waals surface area contributed by atoms with E-state index in [9.17, 15) is 4.79 Å². The van der Waals surface area contributed by atoms with Gasteiger partial charge in [-0.3, -0.25) is 4.79 Å². The first kappa shape index (κ1) is 24.5. The summed E-state index contributed by atoms with van der Waals surface area (Å²) in [7, 11) is 3.32. The zero-order chi connectivity index (χ0) is 22.8. The van der Waals surface area contributed by atoms with Crippen LogP contribution >= 0.6 is 11.8 Å². The third-order valence-corrected chi connectivity index (χ3v) is 7.02. The Morgan fingerprint density at radius 2 is 1.88 bits per heavy atom. The second-order valence-corrected chi connectivity index (χ2v) is 9.24. The van der Waals surface area contributed by atoms with Gasteiger partial charge in [-0.1, -0.05) is 31.5 Å². The van der Waals surface area contributed by atoms with E-state index in [1.165, 1.54) is 10.5 Å². The molecule has 0 spiro atoms. The fraction of sp³-hybridized carbons (Fsp3) is 0.500. The number of fused-ring (bicyclic) bond motifs is 1. The van der Waals surface area contributed by atoms with Crippen molar-refractivity contribution in [1.82, 2.24) is 4.90 Å². The number of carbonyl (C=O) groups is 1. The van der Waals surface area contributed by atoms with Gasteiger partial charge in [-0.25, -0.2) is 0 Å². The molecular weight excluding hydrogens is 420 g/mol. The van der Waals surface area contributed by atoms with Crippen LogP contribution in [0.1, 0.15) is 38.2 Å². The Kier molecular flexibility index (Phi) is 9.75. The highest BCUT2D eigenvalue weighted by Crippen LogP contribution is 2.34. The molecular formula is C26H36N2O3S. The lowest BCUT2D eigenvalue weighted by Crippen LogP contribution is -2.36. The topological polar surface area (TPSA) is 42.0 Å². The molecule has 0 saturated carbocycles. The second-order valence-electron chi connectivity index (χ2n) is 8.10. The van der Waals surface area contributed by atoms with E-state index in [-0.39, 0.29) is 5.91 Å². The lowest BCUT2D eigenvalue weighted by Gasteiger charge is -2.26. The molecule has 3 rings (SSSR count). The monoisotopic (exact) mass is 456 g/mol. The van der Waals surface area contributed by atoms with Crippen molar-refractivity contribution in [3.63, 3.8) is 0 Å². The Labute approximate surface area is 197 Å². The highest BCUT2D eigenvalue weighted by atomic mass is 32.2. The van der Waals surface area contributed by atoms with Gasteiger partial charge >= 0.3 is 0 Å². The van der Waals surface area contributed by atoms with Crippen molar-refractivity contribution in [2.24, 2.45) is 0 Å². The molecule has 0 aromatic heterocycles. The summed E-state index contributed by atoms with van der Waals surface area (Å²) in [6.45, 7) is 5.75. The van der Waals surface area contributed by atoms with Gasteiger partial charge in [0.2, 0.25) is 5.91 Å². The van der Waals surface area contributed by atoms with Crippen molar-refractivity contribution in [2.45, 2.75) is 43.9 Å². The lowest BCUT2D eigenvalue weighted by molar-refractivity contribution is -0.119.